The molecule has 1 atom stereocenters. The fraction of sp³-hybridized carbons (Fsp3) is 0.375. The predicted octanol–water partition coefficient (Wildman–Crippen LogP) is 2.22. The first-order chi connectivity index (χ1) is 16.2. The molecule has 1 aromatic carbocycles. The highest BCUT2D eigenvalue weighted by Crippen LogP contribution is 2.24. The summed E-state index contributed by atoms with van der Waals surface area (Å²) in [5.74, 6) is 3.27. The lowest BCUT2D eigenvalue weighted by Gasteiger charge is -2.19. The Kier molecular flexibility index (Phi) is 7.41. The van der Waals surface area contributed by atoms with Crippen LogP contribution in [0.5, 0.6) is 11.5 Å². The van der Waals surface area contributed by atoms with Crippen LogP contribution in [0.2, 0.25) is 0 Å². The van der Waals surface area contributed by atoms with Gasteiger partial charge in [-0.1, -0.05) is 6.07 Å². The molecule has 0 radical (unpaired) electrons. The molecular weight excluding hydrogens is 418 g/mol. The summed E-state index contributed by atoms with van der Waals surface area (Å²) in [7, 11) is 5.15. The number of aromatic nitrogens is 3. The molecule has 3 aromatic rings. The van der Waals surface area contributed by atoms with Gasteiger partial charge in [0.25, 0.3) is 0 Å². The molecule has 1 aliphatic heterocycles. The molecule has 1 fully saturated rings. The number of likely N-dealkylation sites (tertiary alicyclic amines) is 1. The number of guanidine groups is 1. The number of hydrogen-bond donors (Lipinski definition) is 2. The average Bonchev–Trinajstić information content (AvgIpc) is 3.54. The van der Waals surface area contributed by atoms with E-state index in [1.165, 1.54) is 5.56 Å². The Hall–Kier alpha value is -3.59. The van der Waals surface area contributed by atoms with Crippen molar-refractivity contribution in [1.29, 1.82) is 0 Å². The summed E-state index contributed by atoms with van der Waals surface area (Å²) in [5.41, 5.74) is 2.27. The van der Waals surface area contributed by atoms with E-state index >= 15 is 0 Å². The van der Waals surface area contributed by atoms with Crippen molar-refractivity contribution in [3.05, 3.63) is 66.4 Å². The lowest BCUT2D eigenvalue weighted by molar-refractivity contribution is 0.321. The Morgan fingerprint density at radius 3 is 2.61 bits per heavy atom. The molecule has 0 saturated carbocycles. The number of rotatable bonds is 8. The second-order valence-corrected chi connectivity index (χ2v) is 8.01. The molecule has 4 rings (SSSR count). The van der Waals surface area contributed by atoms with Crippen molar-refractivity contribution >= 4 is 5.96 Å². The maximum Gasteiger partial charge on any atom is 0.191 e. The fourth-order valence-corrected chi connectivity index (χ4v) is 3.95. The number of aliphatic imine (C=N–C) groups is 1. The van der Waals surface area contributed by atoms with Crippen molar-refractivity contribution in [3.63, 3.8) is 0 Å². The number of ether oxygens (including phenoxy) is 2. The number of nitrogens with one attached hydrogen (secondary N) is 2. The number of imidazole rings is 1. The van der Waals surface area contributed by atoms with Gasteiger partial charge in [-0.25, -0.2) is 9.97 Å². The molecule has 0 amide bonds. The summed E-state index contributed by atoms with van der Waals surface area (Å²) in [6.45, 7) is 3.47. The van der Waals surface area contributed by atoms with Gasteiger partial charge in [-0.15, -0.1) is 0 Å². The summed E-state index contributed by atoms with van der Waals surface area (Å²) in [5, 5.41) is 6.94. The summed E-state index contributed by atoms with van der Waals surface area (Å²) in [6, 6.07) is 10.4. The smallest absolute Gasteiger partial charge is 0.191 e. The van der Waals surface area contributed by atoms with E-state index in [1.807, 2.05) is 29.1 Å². The first-order valence-corrected chi connectivity index (χ1v) is 11.0. The molecule has 0 aliphatic carbocycles. The van der Waals surface area contributed by atoms with Crippen LogP contribution in [-0.4, -0.2) is 65.8 Å². The number of methoxy groups -OCH3 is 2. The van der Waals surface area contributed by atoms with E-state index in [2.05, 4.69) is 48.7 Å². The van der Waals surface area contributed by atoms with Crippen LogP contribution in [0.25, 0.3) is 5.82 Å². The van der Waals surface area contributed by atoms with E-state index < -0.39 is 0 Å². The van der Waals surface area contributed by atoms with E-state index in [0.717, 1.165) is 54.9 Å². The van der Waals surface area contributed by atoms with Gasteiger partial charge < -0.3 is 20.1 Å². The number of nitrogens with zero attached hydrogens (tertiary/aromatic N) is 5. The van der Waals surface area contributed by atoms with Gasteiger partial charge in [-0.2, -0.15) is 0 Å². The minimum absolute atomic E-state index is 0.338. The molecule has 1 saturated heterocycles. The SMILES string of the molecule is CN=C(NCc1ccc(-n2ccnc2)nc1)NC1CCN(Cc2cc(OC)cc(OC)c2)C1. The van der Waals surface area contributed by atoms with Gasteiger partial charge >= 0.3 is 0 Å². The van der Waals surface area contributed by atoms with Crippen LogP contribution in [0.15, 0.2) is 60.2 Å². The standard InChI is InChI=1S/C24H31N7O2/c1-25-24(28-14-18-4-5-23(27-13-18)31-9-7-26-17-31)29-20-6-8-30(16-20)15-19-10-21(32-2)12-22(11-19)33-3/h4-5,7,9-13,17,20H,6,8,14-16H2,1-3H3,(H2,25,28,29). The van der Waals surface area contributed by atoms with E-state index in [-0.39, 0.29) is 0 Å². The summed E-state index contributed by atoms with van der Waals surface area (Å²) >= 11 is 0. The van der Waals surface area contributed by atoms with Gasteiger partial charge in [0.05, 0.1) is 14.2 Å². The van der Waals surface area contributed by atoms with Gasteiger partial charge in [-0.05, 0) is 35.7 Å². The summed E-state index contributed by atoms with van der Waals surface area (Å²) < 4.78 is 12.7. The molecule has 1 aliphatic rings. The molecule has 9 nitrogen and oxygen atoms in total. The van der Waals surface area contributed by atoms with Gasteiger partial charge in [0.2, 0.25) is 0 Å². The third-order valence-electron chi connectivity index (χ3n) is 5.69. The van der Waals surface area contributed by atoms with Crippen LogP contribution in [0, 0.1) is 0 Å². The van der Waals surface area contributed by atoms with Crippen molar-refractivity contribution in [3.8, 4) is 17.3 Å². The van der Waals surface area contributed by atoms with E-state index in [0.29, 0.717) is 12.6 Å². The van der Waals surface area contributed by atoms with Crippen LogP contribution in [0.3, 0.4) is 0 Å². The zero-order valence-electron chi connectivity index (χ0n) is 19.4. The molecule has 0 spiro atoms. The quantitative estimate of drug-likeness (QED) is 0.403. The summed E-state index contributed by atoms with van der Waals surface area (Å²) in [4.78, 5) is 15.4. The van der Waals surface area contributed by atoms with Crippen LogP contribution >= 0.6 is 0 Å². The van der Waals surface area contributed by atoms with Gasteiger partial charge in [-0.3, -0.25) is 14.5 Å². The fourth-order valence-electron chi connectivity index (χ4n) is 3.95. The Morgan fingerprint density at radius 1 is 1.15 bits per heavy atom. The third-order valence-corrected chi connectivity index (χ3v) is 5.69. The van der Waals surface area contributed by atoms with Gasteiger partial charge in [0.15, 0.2) is 5.96 Å². The zero-order valence-corrected chi connectivity index (χ0v) is 19.4. The normalized spacial score (nSPS) is 16.6. The number of hydrogen-bond acceptors (Lipinski definition) is 6. The lowest BCUT2D eigenvalue weighted by atomic mass is 10.2. The number of benzene rings is 1. The minimum Gasteiger partial charge on any atom is -0.497 e. The first-order valence-electron chi connectivity index (χ1n) is 11.0. The Labute approximate surface area is 194 Å². The van der Waals surface area contributed by atoms with Crippen molar-refractivity contribution in [1.82, 2.24) is 30.1 Å². The molecule has 33 heavy (non-hydrogen) atoms. The lowest BCUT2D eigenvalue weighted by Crippen LogP contribution is -2.44. The highest BCUT2D eigenvalue weighted by Gasteiger charge is 2.23. The van der Waals surface area contributed by atoms with Crippen molar-refractivity contribution < 1.29 is 9.47 Å². The number of pyridine rings is 1. The molecule has 1 unspecified atom stereocenters. The highest BCUT2D eigenvalue weighted by atomic mass is 16.5. The summed E-state index contributed by atoms with van der Waals surface area (Å²) in [6.07, 6.45) is 8.28. The van der Waals surface area contributed by atoms with Crippen LogP contribution < -0.4 is 20.1 Å². The second kappa shape index (κ2) is 10.8. The molecule has 0 bridgehead atoms. The average molecular weight is 450 g/mol. The Balaban J connectivity index is 1.26. The van der Waals surface area contributed by atoms with Gasteiger partial charge in [0, 0.05) is 63.9 Å². The Bertz CT molecular complexity index is 1030. The topological polar surface area (TPSA) is 88.8 Å². The molecule has 2 aromatic heterocycles. The third kappa shape index (κ3) is 6.01. The van der Waals surface area contributed by atoms with E-state index in [4.69, 9.17) is 9.47 Å². The Morgan fingerprint density at radius 2 is 1.97 bits per heavy atom. The maximum atomic E-state index is 5.40. The van der Waals surface area contributed by atoms with Crippen molar-refractivity contribution in [2.24, 2.45) is 4.99 Å². The molecule has 174 valence electrons. The largest absolute Gasteiger partial charge is 0.497 e. The van der Waals surface area contributed by atoms with Crippen LogP contribution in [0.4, 0.5) is 0 Å². The second-order valence-electron chi connectivity index (χ2n) is 8.01. The molecular formula is C24H31N7O2. The molecule has 2 N–H and O–H groups in total. The van der Waals surface area contributed by atoms with Crippen molar-refractivity contribution in [2.45, 2.75) is 25.6 Å². The van der Waals surface area contributed by atoms with Crippen LogP contribution in [0.1, 0.15) is 17.5 Å². The van der Waals surface area contributed by atoms with Gasteiger partial charge in [0.1, 0.15) is 23.6 Å². The predicted molar refractivity (Wildman–Crippen MR) is 128 cm³/mol. The molecule has 9 heteroatoms. The van der Waals surface area contributed by atoms with Crippen molar-refractivity contribution in [2.75, 3.05) is 34.4 Å². The first kappa shape index (κ1) is 22.6. The molecule has 3 heterocycles. The maximum absolute atomic E-state index is 5.40. The zero-order chi connectivity index (χ0) is 23.0. The minimum atomic E-state index is 0.338. The highest BCUT2D eigenvalue weighted by molar-refractivity contribution is 5.80. The monoisotopic (exact) mass is 449 g/mol. The van der Waals surface area contributed by atoms with E-state index in [9.17, 15) is 0 Å². The van der Waals surface area contributed by atoms with E-state index in [1.54, 1.807) is 33.8 Å². The van der Waals surface area contributed by atoms with Crippen LogP contribution in [-0.2, 0) is 13.1 Å².